The summed E-state index contributed by atoms with van der Waals surface area (Å²) in [6, 6.07) is 16.8. The van der Waals surface area contributed by atoms with E-state index < -0.39 is 0 Å². The fourth-order valence-corrected chi connectivity index (χ4v) is 2.27. The van der Waals surface area contributed by atoms with Crippen LogP contribution in [0.5, 0.6) is 0 Å². The average molecular weight is 263 g/mol. The van der Waals surface area contributed by atoms with Crippen molar-refractivity contribution in [1.29, 1.82) is 0 Å². The van der Waals surface area contributed by atoms with Gasteiger partial charge in [-0.1, -0.05) is 66.2 Å². The number of rotatable bonds is 4. The standard InChI is InChI=1S/C19H21N/c1-15-11-12-17(16(2)13-15)9-6-10-19(14-20)18-7-4-3-5-8-18/h3-8,10-14H,9,20H2,1-2H3/b10-6-,19-14+. The lowest BCUT2D eigenvalue weighted by atomic mass is 10.0. The predicted molar refractivity (Wildman–Crippen MR) is 87.4 cm³/mol. The molecule has 2 aromatic carbocycles. The van der Waals surface area contributed by atoms with E-state index in [1.165, 1.54) is 16.7 Å². The molecule has 0 heterocycles. The Morgan fingerprint density at radius 2 is 1.80 bits per heavy atom. The Morgan fingerprint density at radius 3 is 2.45 bits per heavy atom. The molecule has 0 bridgehead atoms. The maximum Gasteiger partial charge on any atom is 0.00174 e. The fraction of sp³-hybridized carbons (Fsp3) is 0.158. The fourth-order valence-electron chi connectivity index (χ4n) is 2.27. The monoisotopic (exact) mass is 263 g/mol. The lowest BCUT2D eigenvalue weighted by molar-refractivity contribution is 1.20. The summed E-state index contributed by atoms with van der Waals surface area (Å²) in [5, 5.41) is 0. The minimum Gasteiger partial charge on any atom is -0.404 e. The lowest BCUT2D eigenvalue weighted by Crippen LogP contribution is -1.89. The number of aryl methyl sites for hydroxylation is 2. The summed E-state index contributed by atoms with van der Waals surface area (Å²) >= 11 is 0. The Balaban J connectivity index is 2.09. The molecular weight excluding hydrogens is 242 g/mol. The molecule has 0 atom stereocenters. The quantitative estimate of drug-likeness (QED) is 0.813. The van der Waals surface area contributed by atoms with Crippen LogP contribution in [0.4, 0.5) is 0 Å². The summed E-state index contributed by atoms with van der Waals surface area (Å²) in [6.07, 6.45) is 6.85. The third kappa shape index (κ3) is 3.61. The molecule has 0 spiro atoms. The molecule has 0 aliphatic rings. The Morgan fingerprint density at radius 1 is 1.05 bits per heavy atom. The molecule has 0 fully saturated rings. The van der Waals surface area contributed by atoms with E-state index in [1.807, 2.05) is 18.2 Å². The Bertz CT molecular complexity index is 621. The van der Waals surface area contributed by atoms with Crippen molar-refractivity contribution >= 4 is 5.57 Å². The van der Waals surface area contributed by atoms with E-state index in [1.54, 1.807) is 6.20 Å². The minimum atomic E-state index is 0.927. The molecule has 0 aliphatic heterocycles. The maximum absolute atomic E-state index is 5.72. The lowest BCUT2D eigenvalue weighted by Gasteiger charge is -2.04. The third-order valence-corrected chi connectivity index (χ3v) is 3.42. The summed E-state index contributed by atoms with van der Waals surface area (Å²) in [5.41, 5.74) is 11.9. The van der Waals surface area contributed by atoms with Crippen molar-refractivity contribution in [3.63, 3.8) is 0 Å². The van der Waals surface area contributed by atoms with Gasteiger partial charge in [0, 0.05) is 6.20 Å². The molecule has 1 nitrogen and oxygen atoms in total. The topological polar surface area (TPSA) is 26.0 Å². The summed E-state index contributed by atoms with van der Waals surface area (Å²) < 4.78 is 0. The van der Waals surface area contributed by atoms with Crippen LogP contribution < -0.4 is 5.73 Å². The van der Waals surface area contributed by atoms with E-state index in [2.05, 4.69) is 56.3 Å². The van der Waals surface area contributed by atoms with E-state index >= 15 is 0 Å². The van der Waals surface area contributed by atoms with Crippen LogP contribution in [0.15, 0.2) is 66.9 Å². The SMILES string of the molecule is Cc1ccc(C/C=C\C(=C/N)c2ccccc2)c(C)c1. The van der Waals surface area contributed by atoms with E-state index in [4.69, 9.17) is 5.73 Å². The Kier molecular flexibility index (Phi) is 4.78. The van der Waals surface area contributed by atoms with Crippen LogP contribution >= 0.6 is 0 Å². The first-order chi connectivity index (χ1) is 9.70. The van der Waals surface area contributed by atoms with Gasteiger partial charge in [-0.05, 0) is 42.5 Å². The molecule has 102 valence electrons. The minimum absolute atomic E-state index is 0.927. The van der Waals surface area contributed by atoms with Gasteiger partial charge in [0.15, 0.2) is 0 Å². The molecular formula is C19H21N. The summed E-state index contributed by atoms with van der Waals surface area (Å²) in [4.78, 5) is 0. The van der Waals surface area contributed by atoms with Crippen molar-refractivity contribution in [2.24, 2.45) is 5.73 Å². The maximum atomic E-state index is 5.72. The van der Waals surface area contributed by atoms with Gasteiger partial charge < -0.3 is 5.73 Å². The normalized spacial score (nSPS) is 12.0. The van der Waals surface area contributed by atoms with Gasteiger partial charge in [-0.3, -0.25) is 0 Å². The van der Waals surface area contributed by atoms with Crippen molar-refractivity contribution in [3.8, 4) is 0 Å². The third-order valence-electron chi connectivity index (χ3n) is 3.42. The van der Waals surface area contributed by atoms with Gasteiger partial charge in [0.1, 0.15) is 0 Å². The zero-order valence-corrected chi connectivity index (χ0v) is 12.1. The summed E-state index contributed by atoms with van der Waals surface area (Å²) in [7, 11) is 0. The van der Waals surface area contributed by atoms with Crippen LogP contribution in [0.25, 0.3) is 5.57 Å². The van der Waals surface area contributed by atoms with Gasteiger partial charge in [0.05, 0.1) is 0 Å². The second-order valence-corrected chi connectivity index (χ2v) is 5.02. The van der Waals surface area contributed by atoms with Crippen LogP contribution in [0, 0.1) is 13.8 Å². The van der Waals surface area contributed by atoms with Gasteiger partial charge >= 0.3 is 0 Å². The number of hydrogen-bond donors (Lipinski definition) is 1. The summed E-state index contributed by atoms with van der Waals surface area (Å²) in [6.45, 7) is 4.28. The molecule has 0 unspecified atom stereocenters. The highest BCUT2D eigenvalue weighted by Crippen LogP contribution is 2.16. The van der Waals surface area contributed by atoms with Crippen LogP contribution in [0.2, 0.25) is 0 Å². The van der Waals surface area contributed by atoms with E-state index in [0.29, 0.717) is 0 Å². The van der Waals surface area contributed by atoms with Crippen LogP contribution in [0.1, 0.15) is 22.3 Å². The molecule has 0 saturated carbocycles. The Hall–Kier alpha value is -2.28. The van der Waals surface area contributed by atoms with Crippen LogP contribution in [-0.4, -0.2) is 0 Å². The van der Waals surface area contributed by atoms with Gasteiger partial charge in [0.25, 0.3) is 0 Å². The van der Waals surface area contributed by atoms with Crippen LogP contribution in [0.3, 0.4) is 0 Å². The zero-order valence-electron chi connectivity index (χ0n) is 12.1. The van der Waals surface area contributed by atoms with Crippen molar-refractivity contribution in [2.45, 2.75) is 20.3 Å². The summed E-state index contributed by atoms with van der Waals surface area (Å²) in [5.74, 6) is 0. The number of allylic oxidation sites excluding steroid dienone is 3. The highest BCUT2D eigenvalue weighted by molar-refractivity contribution is 5.73. The largest absolute Gasteiger partial charge is 0.404 e. The van der Waals surface area contributed by atoms with Gasteiger partial charge in [-0.15, -0.1) is 0 Å². The molecule has 20 heavy (non-hydrogen) atoms. The number of hydrogen-bond acceptors (Lipinski definition) is 1. The highest BCUT2D eigenvalue weighted by Gasteiger charge is 1.98. The molecule has 0 radical (unpaired) electrons. The molecule has 2 rings (SSSR count). The van der Waals surface area contributed by atoms with Gasteiger partial charge in [0.2, 0.25) is 0 Å². The number of nitrogens with two attached hydrogens (primary N) is 1. The molecule has 0 saturated heterocycles. The van der Waals surface area contributed by atoms with Crippen LogP contribution in [-0.2, 0) is 6.42 Å². The second kappa shape index (κ2) is 6.76. The van der Waals surface area contributed by atoms with Gasteiger partial charge in [-0.2, -0.15) is 0 Å². The number of benzene rings is 2. The van der Waals surface area contributed by atoms with Crippen molar-refractivity contribution in [2.75, 3.05) is 0 Å². The van der Waals surface area contributed by atoms with Crippen molar-refractivity contribution in [3.05, 3.63) is 89.1 Å². The molecule has 2 aromatic rings. The smallest absolute Gasteiger partial charge is 0.00174 e. The molecule has 0 amide bonds. The first kappa shape index (κ1) is 14.1. The highest BCUT2D eigenvalue weighted by atomic mass is 14.5. The molecule has 1 heteroatoms. The Labute approximate surface area is 121 Å². The zero-order chi connectivity index (χ0) is 14.4. The molecule has 0 aliphatic carbocycles. The van der Waals surface area contributed by atoms with Crippen molar-refractivity contribution < 1.29 is 0 Å². The van der Waals surface area contributed by atoms with E-state index in [0.717, 1.165) is 17.6 Å². The molecule has 2 N–H and O–H groups in total. The first-order valence-electron chi connectivity index (χ1n) is 6.90. The van der Waals surface area contributed by atoms with Gasteiger partial charge in [-0.25, -0.2) is 0 Å². The van der Waals surface area contributed by atoms with Crippen molar-refractivity contribution in [1.82, 2.24) is 0 Å². The first-order valence-corrected chi connectivity index (χ1v) is 6.90. The average Bonchev–Trinajstić information content (AvgIpc) is 2.46. The second-order valence-electron chi connectivity index (χ2n) is 5.02. The molecule has 0 aromatic heterocycles. The van der Waals surface area contributed by atoms with E-state index in [9.17, 15) is 0 Å². The van der Waals surface area contributed by atoms with E-state index in [-0.39, 0.29) is 0 Å². The predicted octanol–water partition coefficient (Wildman–Crippen LogP) is 4.40.